The van der Waals surface area contributed by atoms with Crippen molar-refractivity contribution in [1.82, 2.24) is 4.98 Å². The molecule has 384 valence electrons. The van der Waals surface area contributed by atoms with Gasteiger partial charge in [-0.05, 0) is 46.7 Å². The van der Waals surface area contributed by atoms with Crippen molar-refractivity contribution in [2.45, 2.75) is 190 Å². The van der Waals surface area contributed by atoms with Crippen molar-refractivity contribution in [2.75, 3.05) is 32.0 Å². The predicted molar refractivity (Wildman–Crippen MR) is 266 cm³/mol. The fourth-order valence-electron chi connectivity index (χ4n) is 4.69. The molecule has 0 saturated carbocycles. The number of ketones is 5. The molecule has 0 aliphatic heterocycles. The molecule has 0 spiro atoms. The normalized spacial score (nSPS) is 11.9. The Kier molecular flexibility index (Phi) is 31.7. The van der Waals surface area contributed by atoms with Gasteiger partial charge in [-0.25, -0.2) is 4.98 Å². The summed E-state index contributed by atoms with van der Waals surface area (Å²) in [7, 11) is 0. The Bertz CT molecular complexity index is 1670. The average Bonchev–Trinajstić information content (AvgIpc) is 3.56. The summed E-state index contributed by atoms with van der Waals surface area (Å²) in [6.45, 7) is 38.3. The van der Waals surface area contributed by atoms with Crippen LogP contribution in [0.15, 0.2) is 6.20 Å². The van der Waals surface area contributed by atoms with Crippen molar-refractivity contribution in [2.24, 2.45) is 49.4 Å². The maximum atomic E-state index is 11.9. The van der Waals surface area contributed by atoms with Crippen molar-refractivity contribution in [3.8, 4) is 0 Å². The molecule has 0 saturated heterocycles. The van der Waals surface area contributed by atoms with E-state index in [4.69, 9.17) is 31.8 Å². The Morgan fingerprint density at radius 1 is 0.545 bits per heavy atom. The number of thiazole rings is 1. The van der Waals surface area contributed by atoms with Gasteiger partial charge in [-0.2, -0.15) is 0 Å². The van der Waals surface area contributed by atoms with E-state index in [1.165, 1.54) is 11.3 Å². The van der Waals surface area contributed by atoms with Gasteiger partial charge in [-0.15, -0.1) is 11.3 Å². The number of carbonyl (C=O) groups excluding carboxylic acids is 7. The lowest BCUT2D eigenvalue weighted by Gasteiger charge is -2.30. The van der Waals surface area contributed by atoms with Crippen molar-refractivity contribution < 1.29 is 52.9 Å². The molecule has 0 aromatic carbocycles. The summed E-state index contributed by atoms with van der Waals surface area (Å²) in [4.78, 5) is 95.3. The highest BCUT2D eigenvalue weighted by Gasteiger charge is 2.36. The SMILES string of the molecule is CC(C)(C)C(=O)C(C)(C)CCC(=O)O.CC(C)(C)C(=O)CCC(=O)OCCOC(=O)C(C)(C)C.CC(C)(C)C(=O)CCCN.CC(C)(C)C(=O)CCN.CC(C)(C)C(=O)Cc1cnc(N)s1. The van der Waals surface area contributed by atoms with E-state index in [-0.39, 0.29) is 77.8 Å². The third-order valence-corrected chi connectivity index (χ3v) is 10.1. The number of ether oxygens (including phenoxy) is 2. The molecule has 0 radical (unpaired) electrons. The molecule has 0 aliphatic rings. The molecule has 0 unspecified atom stereocenters. The second kappa shape index (κ2) is 30.5. The number of Topliss-reactive ketones (excluding diaryl/α,β-unsaturated/α-hetero) is 5. The number of carbonyl (C=O) groups is 8. The van der Waals surface area contributed by atoms with Crippen LogP contribution in [0.2, 0.25) is 0 Å². The first-order valence-corrected chi connectivity index (χ1v) is 23.5. The Morgan fingerprint density at radius 2 is 0.970 bits per heavy atom. The predicted octanol–water partition coefficient (Wildman–Crippen LogP) is 9.18. The summed E-state index contributed by atoms with van der Waals surface area (Å²) < 4.78 is 9.85. The van der Waals surface area contributed by atoms with Crippen LogP contribution < -0.4 is 17.2 Å². The van der Waals surface area contributed by atoms with E-state index < -0.39 is 33.6 Å². The maximum absolute atomic E-state index is 11.9. The second-order valence-electron chi connectivity index (χ2n) is 22.9. The minimum atomic E-state index is -0.847. The zero-order chi connectivity index (χ0) is 53.3. The summed E-state index contributed by atoms with van der Waals surface area (Å²) in [5.74, 6) is -0.732. The van der Waals surface area contributed by atoms with Crippen LogP contribution in [0, 0.1) is 37.9 Å². The van der Waals surface area contributed by atoms with E-state index in [0.29, 0.717) is 49.7 Å². The Balaban J connectivity index is -0.000000375. The van der Waals surface area contributed by atoms with E-state index in [1.54, 1.807) is 27.0 Å². The second-order valence-corrected chi connectivity index (χ2v) is 24.1. The van der Waals surface area contributed by atoms with E-state index in [9.17, 15) is 38.4 Å². The zero-order valence-corrected chi connectivity index (χ0v) is 45.5. The largest absolute Gasteiger partial charge is 0.481 e. The van der Waals surface area contributed by atoms with Gasteiger partial charge in [0.05, 0.1) is 11.8 Å². The molecule has 7 N–H and O–H groups in total. The van der Waals surface area contributed by atoms with Gasteiger partial charge in [-0.1, -0.05) is 118 Å². The van der Waals surface area contributed by atoms with Gasteiger partial charge in [-0.3, -0.25) is 38.4 Å². The number of anilines is 1. The van der Waals surface area contributed by atoms with Gasteiger partial charge in [0.25, 0.3) is 0 Å². The van der Waals surface area contributed by atoms with E-state index >= 15 is 0 Å². The standard InChI is InChI=1S/C15H26O5.C11H20O3.C9H14N2OS.C8H17NO.C7H15NO/c1-14(2,3)11(16)7-8-12(17)19-9-10-20-13(18)15(4,5)6;1-10(2,3)9(14)11(4,5)7-6-8(12)13;1-9(2,3)7(12)4-6-5-11-8(10)13-6;1-8(2,3)7(10)5-4-6-9;1-7(2,3)6(9)4-5-8/h7-10H2,1-6H3;6-7H2,1-5H3,(H,12,13);5H,4H2,1-3H3,(H2,10,11);4-6,9H2,1-3H3;4-5,8H2,1-3H3. The third kappa shape index (κ3) is 36.3. The number of nitrogen functional groups attached to an aromatic ring is 1. The van der Waals surface area contributed by atoms with Gasteiger partial charge < -0.3 is 31.8 Å². The van der Waals surface area contributed by atoms with E-state index in [2.05, 4.69) is 4.98 Å². The fourth-order valence-corrected chi connectivity index (χ4v) is 5.37. The topological polar surface area (TPSA) is 266 Å². The molecule has 0 fully saturated rings. The molecular weight excluding hydrogens is 865 g/mol. The highest BCUT2D eigenvalue weighted by Crippen LogP contribution is 2.33. The number of hydrogen-bond donors (Lipinski definition) is 4. The number of aromatic nitrogens is 1. The molecule has 16 heteroatoms. The number of aliphatic carboxylic acids is 1. The molecule has 15 nitrogen and oxygen atoms in total. The lowest BCUT2D eigenvalue weighted by molar-refractivity contribution is -0.158. The number of carboxylic acids is 1. The first-order valence-electron chi connectivity index (χ1n) is 22.7. The molecule has 1 rings (SSSR count). The van der Waals surface area contributed by atoms with Crippen LogP contribution >= 0.6 is 11.3 Å². The van der Waals surface area contributed by atoms with E-state index in [1.807, 2.05) is 118 Å². The minimum absolute atomic E-state index is 0.0182. The van der Waals surface area contributed by atoms with Crippen molar-refractivity contribution in [3.63, 3.8) is 0 Å². The number of rotatable bonds is 17. The number of carboxylic acid groups (broad SMARTS) is 1. The molecular formula is C50H92N4O11S. The van der Waals surface area contributed by atoms with Crippen LogP contribution in [0.1, 0.15) is 188 Å². The van der Waals surface area contributed by atoms with Gasteiger partial charge in [0, 0.05) is 75.7 Å². The van der Waals surface area contributed by atoms with E-state index in [0.717, 1.165) is 11.3 Å². The first kappa shape index (κ1) is 68.7. The molecule has 1 aromatic heterocycles. The summed E-state index contributed by atoms with van der Waals surface area (Å²) >= 11 is 1.38. The minimum Gasteiger partial charge on any atom is -0.481 e. The average molecular weight is 957 g/mol. The van der Waals surface area contributed by atoms with Crippen LogP contribution in [0.5, 0.6) is 0 Å². The van der Waals surface area contributed by atoms with Crippen LogP contribution in [0.4, 0.5) is 5.13 Å². The molecule has 0 atom stereocenters. The Hall–Kier alpha value is -3.89. The molecule has 0 bridgehead atoms. The molecule has 0 aliphatic carbocycles. The molecule has 0 amide bonds. The van der Waals surface area contributed by atoms with Crippen LogP contribution in [0.3, 0.4) is 0 Å². The maximum Gasteiger partial charge on any atom is 0.311 e. The molecule has 1 heterocycles. The Labute approximate surface area is 402 Å². The summed E-state index contributed by atoms with van der Waals surface area (Å²) in [5.41, 5.74) is 13.3. The van der Waals surface area contributed by atoms with Gasteiger partial charge >= 0.3 is 17.9 Å². The third-order valence-electron chi connectivity index (χ3n) is 9.24. The molecule has 1 aromatic rings. The highest BCUT2D eigenvalue weighted by molar-refractivity contribution is 7.15. The van der Waals surface area contributed by atoms with Crippen LogP contribution in [0.25, 0.3) is 0 Å². The smallest absolute Gasteiger partial charge is 0.311 e. The summed E-state index contributed by atoms with van der Waals surface area (Å²) in [6, 6.07) is 0. The summed E-state index contributed by atoms with van der Waals surface area (Å²) in [6.07, 6.45) is 4.74. The Morgan fingerprint density at radius 3 is 1.30 bits per heavy atom. The highest BCUT2D eigenvalue weighted by atomic mass is 32.1. The number of esters is 2. The quantitative estimate of drug-likeness (QED) is 0.0837. The van der Waals surface area contributed by atoms with Crippen LogP contribution in [-0.2, 0) is 54.3 Å². The lowest BCUT2D eigenvalue weighted by Crippen LogP contribution is -2.35. The van der Waals surface area contributed by atoms with Crippen molar-refractivity contribution in [1.29, 1.82) is 0 Å². The van der Waals surface area contributed by atoms with Gasteiger partial charge in [0.15, 0.2) is 5.13 Å². The monoisotopic (exact) mass is 957 g/mol. The first-order chi connectivity index (χ1) is 29.4. The van der Waals surface area contributed by atoms with Crippen molar-refractivity contribution in [3.05, 3.63) is 11.1 Å². The number of nitrogens with zero attached hydrogens (tertiary/aromatic N) is 1. The van der Waals surface area contributed by atoms with Crippen molar-refractivity contribution >= 4 is 63.3 Å². The summed E-state index contributed by atoms with van der Waals surface area (Å²) in [5, 5.41) is 9.07. The fraction of sp³-hybridized carbons (Fsp3) is 0.780. The lowest BCUT2D eigenvalue weighted by atomic mass is 9.72. The molecule has 66 heavy (non-hydrogen) atoms. The zero-order valence-electron chi connectivity index (χ0n) is 44.7. The number of nitrogens with two attached hydrogens (primary N) is 3. The van der Waals surface area contributed by atoms with Gasteiger partial charge in [0.1, 0.15) is 42.1 Å². The van der Waals surface area contributed by atoms with Gasteiger partial charge in [0.2, 0.25) is 0 Å². The van der Waals surface area contributed by atoms with Crippen LogP contribution in [-0.4, -0.2) is 83.2 Å². The number of hydrogen-bond acceptors (Lipinski definition) is 15.